The molecule has 0 aliphatic carbocycles. The minimum absolute atomic E-state index is 0.258. The molecule has 2 fully saturated rings. The van der Waals surface area contributed by atoms with Gasteiger partial charge in [0.2, 0.25) is 5.78 Å². The van der Waals surface area contributed by atoms with E-state index in [1.165, 1.54) is 23.4 Å². The van der Waals surface area contributed by atoms with E-state index in [4.69, 9.17) is 0 Å². The standard InChI is InChI=1S/C23H34N2O2S/c1-23(2,3)21(26)22(27)25-15-11-18(12-16-25)17-9-13-24(14-10-17)19-5-7-20(28-4)8-6-19/h5-8,17-18H,9-16H2,1-4H3. The highest BCUT2D eigenvalue weighted by Gasteiger charge is 2.35. The van der Waals surface area contributed by atoms with E-state index >= 15 is 0 Å². The van der Waals surface area contributed by atoms with Gasteiger partial charge < -0.3 is 9.80 Å². The third-order valence-electron chi connectivity index (χ3n) is 6.35. The fraction of sp³-hybridized carbons (Fsp3) is 0.652. The molecule has 0 atom stereocenters. The zero-order valence-electron chi connectivity index (χ0n) is 17.7. The van der Waals surface area contributed by atoms with Crippen LogP contribution in [0.1, 0.15) is 46.5 Å². The number of likely N-dealkylation sites (tertiary alicyclic amines) is 1. The van der Waals surface area contributed by atoms with Crippen LogP contribution in [0.5, 0.6) is 0 Å². The molecule has 0 unspecified atom stereocenters. The molecule has 3 rings (SSSR count). The molecule has 2 aliphatic heterocycles. The molecule has 28 heavy (non-hydrogen) atoms. The average molecular weight is 403 g/mol. The second-order valence-electron chi connectivity index (χ2n) is 9.23. The molecule has 154 valence electrons. The van der Waals surface area contributed by atoms with Crippen LogP contribution in [-0.4, -0.2) is 49.0 Å². The van der Waals surface area contributed by atoms with Gasteiger partial charge in [-0.1, -0.05) is 20.8 Å². The number of piperidine rings is 2. The molecule has 5 heteroatoms. The van der Waals surface area contributed by atoms with Crippen molar-refractivity contribution in [2.24, 2.45) is 17.3 Å². The molecule has 4 nitrogen and oxygen atoms in total. The first-order chi connectivity index (χ1) is 13.3. The molecule has 0 radical (unpaired) electrons. The van der Waals surface area contributed by atoms with Crippen LogP contribution < -0.4 is 4.90 Å². The summed E-state index contributed by atoms with van der Waals surface area (Å²) in [4.78, 5) is 30.3. The van der Waals surface area contributed by atoms with Crippen LogP contribution in [0, 0.1) is 17.3 Å². The summed E-state index contributed by atoms with van der Waals surface area (Å²) in [6.07, 6.45) is 6.64. The number of amides is 1. The predicted molar refractivity (Wildman–Crippen MR) is 117 cm³/mol. The fourth-order valence-corrected chi connectivity index (χ4v) is 4.87. The summed E-state index contributed by atoms with van der Waals surface area (Å²) in [5.41, 5.74) is 0.742. The highest BCUT2D eigenvalue weighted by molar-refractivity contribution is 7.98. The van der Waals surface area contributed by atoms with Crippen molar-refractivity contribution in [3.8, 4) is 0 Å². The number of Topliss-reactive ketones (excluding diaryl/α,β-unsaturated/α-hetero) is 1. The number of hydrogen-bond donors (Lipinski definition) is 0. The monoisotopic (exact) mass is 402 g/mol. The van der Waals surface area contributed by atoms with Gasteiger partial charge in [0.1, 0.15) is 0 Å². The Kier molecular flexibility index (Phi) is 6.74. The molecule has 0 bridgehead atoms. The summed E-state index contributed by atoms with van der Waals surface area (Å²) in [5.74, 6) is 0.897. The molecule has 1 aromatic rings. The van der Waals surface area contributed by atoms with E-state index in [-0.39, 0.29) is 11.7 Å². The molecule has 0 spiro atoms. The Morgan fingerprint density at radius 2 is 1.39 bits per heavy atom. The molecule has 2 heterocycles. The molecule has 0 aromatic heterocycles. The number of thioether (sulfide) groups is 1. The summed E-state index contributed by atoms with van der Waals surface area (Å²) in [5, 5.41) is 0. The highest BCUT2D eigenvalue weighted by Crippen LogP contribution is 2.34. The molecule has 1 amide bonds. The van der Waals surface area contributed by atoms with E-state index in [1.807, 2.05) is 20.8 Å². The highest BCUT2D eigenvalue weighted by atomic mass is 32.2. The van der Waals surface area contributed by atoms with Gasteiger partial charge in [-0.3, -0.25) is 9.59 Å². The Hall–Kier alpha value is -1.49. The summed E-state index contributed by atoms with van der Waals surface area (Å²) < 4.78 is 0. The van der Waals surface area contributed by atoms with Crippen molar-refractivity contribution in [3.05, 3.63) is 24.3 Å². The second kappa shape index (κ2) is 8.89. The average Bonchev–Trinajstić information content (AvgIpc) is 2.72. The lowest BCUT2D eigenvalue weighted by Gasteiger charge is -2.41. The quantitative estimate of drug-likeness (QED) is 0.550. The smallest absolute Gasteiger partial charge is 0.290 e. The van der Waals surface area contributed by atoms with Crippen LogP contribution in [-0.2, 0) is 9.59 Å². The normalized spacial score (nSPS) is 19.7. The molecular formula is C23H34N2O2S. The number of carbonyl (C=O) groups excluding carboxylic acids is 2. The van der Waals surface area contributed by atoms with Gasteiger partial charge in [-0.05, 0) is 68.0 Å². The summed E-state index contributed by atoms with van der Waals surface area (Å²) in [7, 11) is 0. The number of benzene rings is 1. The van der Waals surface area contributed by atoms with Crippen LogP contribution in [0.3, 0.4) is 0 Å². The minimum Gasteiger partial charge on any atom is -0.372 e. The first kappa shape index (κ1) is 21.2. The van der Waals surface area contributed by atoms with E-state index in [1.54, 1.807) is 16.7 Å². The van der Waals surface area contributed by atoms with E-state index in [0.717, 1.165) is 44.9 Å². The molecule has 2 saturated heterocycles. The third kappa shape index (κ3) is 4.91. The van der Waals surface area contributed by atoms with E-state index < -0.39 is 5.41 Å². The van der Waals surface area contributed by atoms with Crippen LogP contribution in [0.2, 0.25) is 0 Å². The zero-order valence-corrected chi connectivity index (χ0v) is 18.6. The van der Waals surface area contributed by atoms with Crippen molar-refractivity contribution in [3.63, 3.8) is 0 Å². The number of carbonyl (C=O) groups is 2. The first-order valence-corrected chi connectivity index (χ1v) is 11.7. The minimum atomic E-state index is -0.589. The van der Waals surface area contributed by atoms with Crippen molar-refractivity contribution in [2.75, 3.05) is 37.3 Å². The number of nitrogens with zero attached hydrogens (tertiary/aromatic N) is 2. The van der Waals surface area contributed by atoms with Gasteiger partial charge in [-0.2, -0.15) is 0 Å². The lowest BCUT2D eigenvalue weighted by Crippen LogP contribution is -2.47. The molecule has 0 saturated carbocycles. The summed E-state index contributed by atoms with van der Waals surface area (Å²) >= 11 is 1.78. The van der Waals surface area contributed by atoms with Crippen LogP contribution in [0.15, 0.2) is 29.2 Å². The number of ketones is 1. The Balaban J connectivity index is 1.47. The SMILES string of the molecule is CSc1ccc(N2CCC(C3CCN(C(=O)C(=O)C(C)(C)C)CC3)CC2)cc1. The van der Waals surface area contributed by atoms with Gasteiger partial charge in [0.05, 0.1) is 0 Å². The van der Waals surface area contributed by atoms with E-state index in [2.05, 4.69) is 35.4 Å². The number of rotatable bonds is 4. The lowest BCUT2D eigenvalue weighted by molar-refractivity contribution is -0.149. The van der Waals surface area contributed by atoms with Crippen LogP contribution in [0.4, 0.5) is 5.69 Å². The van der Waals surface area contributed by atoms with E-state index in [9.17, 15) is 9.59 Å². The maximum absolute atomic E-state index is 12.4. The molecule has 2 aliphatic rings. The summed E-state index contributed by atoms with van der Waals surface area (Å²) in [6.45, 7) is 9.17. The van der Waals surface area contributed by atoms with Gasteiger partial charge >= 0.3 is 0 Å². The predicted octanol–water partition coefficient (Wildman–Crippen LogP) is 4.48. The third-order valence-corrected chi connectivity index (χ3v) is 7.09. The zero-order chi connectivity index (χ0) is 20.3. The van der Waals surface area contributed by atoms with Crippen LogP contribution >= 0.6 is 11.8 Å². The second-order valence-corrected chi connectivity index (χ2v) is 10.1. The Morgan fingerprint density at radius 3 is 1.86 bits per heavy atom. The van der Waals surface area contributed by atoms with Crippen LogP contribution in [0.25, 0.3) is 0 Å². The van der Waals surface area contributed by atoms with Gasteiger partial charge in [-0.25, -0.2) is 0 Å². The summed E-state index contributed by atoms with van der Waals surface area (Å²) in [6, 6.07) is 8.89. The Morgan fingerprint density at radius 1 is 0.893 bits per heavy atom. The van der Waals surface area contributed by atoms with Gasteiger partial charge in [0.15, 0.2) is 0 Å². The van der Waals surface area contributed by atoms with Crippen molar-refractivity contribution in [1.29, 1.82) is 0 Å². The Labute approximate surface area is 174 Å². The molecule has 0 N–H and O–H groups in total. The molecular weight excluding hydrogens is 368 g/mol. The van der Waals surface area contributed by atoms with Gasteiger partial charge in [-0.15, -0.1) is 11.8 Å². The van der Waals surface area contributed by atoms with Gasteiger partial charge in [0, 0.05) is 42.2 Å². The maximum atomic E-state index is 12.4. The van der Waals surface area contributed by atoms with Gasteiger partial charge in [0.25, 0.3) is 5.91 Å². The first-order valence-electron chi connectivity index (χ1n) is 10.5. The Bertz CT molecular complexity index is 680. The maximum Gasteiger partial charge on any atom is 0.290 e. The van der Waals surface area contributed by atoms with Crippen molar-refractivity contribution < 1.29 is 9.59 Å². The lowest BCUT2D eigenvalue weighted by atomic mass is 9.78. The van der Waals surface area contributed by atoms with Crippen molar-refractivity contribution in [1.82, 2.24) is 4.90 Å². The largest absolute Gasteiger partial charge is 0.372 e. The fourth-order valence-electron chi connectivity index (χ4n) is 4.46. The van der Waals surface area contributed by atoms with Crippen molar-refractivity contribution in [2.45, 2.75) is 51.3 Å². The number of anilines is 1. The number of hydrogen-bond acceptors (Lipinski definition) is 4. The topological polar surface area (TPSA) is 40.6 Å². The molecule has 1 aromatic carbocycles. The van der Waals surface area contributed by atoms with Crippen molar-refractivity contribution >= 4 is 29.1 Å². The van der Waals surface area contributed by atoms with E-state index in [0.29, 0.717) is 5.92 Å².